The summed E-state index contributed by atoms with van der Waals surface area (Å²) >= 11 is 0. The van der Waals surface area contributed by atoms with E-state index < -0.39 is 0 Å². The maximum Gasteiger partial charge on any atom is 0.161 e. The maximum absolute atomic E-state index is 12.5. The summed E-state index contributed by atoms with van der Waals surface area (Å²) in [6.07, 6.45) is 9.24. The first-order chi connectivity index (χ1) is 15.1. The second-order valence-electron chi connectivity index (χ2n) is 9.69. The van der Waals surface area contributed by atoms with Gasteiger partial charge in [-0.05, 0) is 84.3 Å². The van der Waals surface area contributed by atoms with Gasteiger partial charge < -0.3 is 9.47 Å². The van der Waals surface area contributed by atoms with Crippen molar-refractivity contribution in [1.82, 2.24) is 0 Å². The lowest BCUT2D eigenvalue weighted by Gasteiger charge is -2.48. The Labute approximate surface area is 185 Å². The fraction of sp³-hybridized carbons (Fsp3) is 0.464. The third kappa shape index (κ3) is 3.63. The number of allylic oxidation sites excluding steroid dienone is 2. The van der Waals surface area contributed by atoms with Crippen molar-refractivity contribution in [1.29, 1.82) is 0 Å². The molecule has 4 atom stereocenters. The van der Waals surface area contributed by atoms with Gasteiger partial charge in [0.05, 0.1) is 6.61 Å². The summed E-state index contributed by atoms with van der Waals surface area (Å²) in [5, 5.41) is 0. The van der Waals surface area contributed by atoms with E-state index in [1.54, 1.807) is 7.11 Å². The van der Waals surface area contributed by atoms with Crippen LogP contribution >= 0.6 is 0 Å². The third-order valence-corrected chi connectivity index (χ3v) is 7.99. The van der Waals surface area contributed by atoms with E-state index in [9.17, 15) is 4.79 Å². The predicted octanol–water partition coefficient (Wildman–Crippen LogP) is 5.66. The van der Waals surface area contributed by atoms with E-state index in [-0.39, 0.29) is 5.41 Å². The van der Waals surface area contributed by atoms with E-state index >= 15 is 0 Å². The van der Waals surface area contributed by atoms with Crippen LogP contribution in [0, 0.1) is 17.3 Å². The van der Waals surface area contributed by atoms with Gasteiger partial charge in [0.2, 0.25) is 0 Å². The van der Waals surface area contributed by atoms with E-state index in [1.807, 2.05) is 12.1 Å². The summed E-state index contributed by atoms with van der Waals surface area (Å²) in [5.74, 6) is 2.84. The number of benzene rings is 2. The number of carbonyl (C=O) groups excluding carboxylic acids is 1. The van der Waals surface area contributed by atoms with Crippen LogP contribution in [-0.2, 0) is 29.0 Å². The van der Waals surface area contributed by atoms with Crippen LogP contribution in [0.5, 0.6) is 5.75 Å². The molecule has 0 spiro atoms. The zero-order valence-electron chi connectivity index (χ0n) is 18.6. The van der Waals surface area contributed by atoms with Crippen molar-refractivity contribution < 1.29 is 14.3 Å². The zero-order valence-corrected chi connectivity index (χ0v) is 18.6. The van der Waals surface area contributed by atoms with Gasteiger partial charge in [0.1, 0.15) is 12.4 Å². The lowest BCUT2D eigenvalue weighted by Crippen LogP contribution is -2.43. The molecule has 0 saturated heterocycles. The van der Waals surface area contributed by atoms with Gasteiger partial charge >= 0.3 is 0 Å². The van der Waals surface area contributed by atoms with Crippen LogP contribution < -0.4 is 4.74 Å². The Hall–Kier alpha value is -2.39. The Morgan fingerprint density at radius 1 is 1.13 bits per heavy atom. The highest BCUT2D eigenvalue weighted by Crippen LogP contribution is 2.57. The number of aryl methyl sites for hydroxylation is 1. The monoisotopic (exact) mass is 416 g/mol. The molecule has 1 saturated carbocycles. The second kappa shape index (κ2) is 8.27. The van der Waals surface area contributed by atoms with Crippen LogP contribution in [0.2, 0.25) is 0 Å². The number of ketones is 1. The average Bonchev–Trinajstić information content (AvgIpc) is 3.11. The minimum Gasteiger partial charge on any atom is -0.489 e. The molecule has 0 unspecified atom stereocenters. The van der Waals surface area contributed by atoms with E-state index in [2.05, 4.69) is 49.4 Å². The predicted molar refractivity (Wildman–Crippen MR) is 122 cm³/mol. The number of methoxy groups -OCH3 is 1. The number of ether oxygens (including phenoxy) is 2. The van der Waals surface area contributed by atoms with Gasteiger partial charge in [-0.2, -0.15) is 0 Å². The van der Waals surface area contributed by atoms with E-state index in [1.165, 1.54) is 22.3 Å². The zero-order chi connectivity index (χ0) is 21.4. The summed E-state index contributed by atoms with van der Waals surface area (Å²) in [6.45, 7) is 3.46. The first kappa shape index (κ1) is 20.5. The van der Waals surface area contributed by atoms with Crippen LogP contribution in [0.15, 0.2) is 54.6 Å². The number of rotatable bonds is 6. The van der Waals surface area contributed by atoms with Gasteiger partial charge in [-0.25, -0.2) is 0 Å². The fourth-order valence-electron chi connectivity index (χ4n) is 6.20. The summed E-state index contributed by atoms with van der Waals surface area (Å²) in [4.78, 5) is 12.5. The van der Waals surface area contributed by atoms with Gasteiger partial charge in [0.15, 0.2) is 5.78 Å². The Kier molecular flexibility index (Phi) is 5.47. The minimum atomic E-state index is -0.170. The number of fused-ring (bicyclic) bond motifs is 5. The van der Waals surface area contributed by atoms with Crippen molar-refractivity contribution in [3.05, 3.63) is 76.9 Å². The fourth-order valence-corrected chi connectivity index (χ4v) is 6.20. The van der Waals surface area contributed by atoms with E-state index in [4.69, 9.17) is 9.47 Å². The van der Waals surface area contributed by atoms with E-state index in [0.717, 1.165) is 37.9 Å². The molecule has 0 radical (unpaired) electrons. The largest absolute Gasteiger partial charge is 0.489 e. The van der Waals surface area contributed by atoms with Crippen molar-refractivity contribution in [3.8, 4) is 5.75 Å². The van der Waals surface area contributed by atoms with Crippen molar-refractivity contribution in [2.45, 2.75) is 51.6 Å². The first-order valence-corrected chi connectivity index (χ1v) is 11.6. The highest BCUT2D eigenvalue weighted by molar-refractivity contribution is 5.97. The molecule has 3 aliphatic carbocycles. The van der Waals surface area contributed by atoms with Gasteiger partial charge in [0, 0.05) is 12.5 Å². The van der Waals surface area contributed by atoms with Crippen molar-refractivity contribution >= 4 is 5.78 Å². The lowest BCUT2D eigenvalue weighted by atomic mass is 9.55. The molecule has 5 rings (SSSR count). The molecule has 2 aromatic carbocycles. The molecule has 0 bridgehead atoms. The van der Waals surface area contributed by atoms with Gasteiger partial charge in [-0.15, -0.1) is 0 Å². The highest BCUT2D eigenvalue weighted by atomic mass is 16.5. The average molecular weight is 417 g/mol. The summed E-state index contributed by atoms with van der Waals surface area (Å²) in [7, 11) is 1.75. The Morgan fingerprint density at radius 3 is 2.77 bits per heavy atom. The lowest BCUT2D eigenvalue weighted by molar-refractivity contribution is -0.126. The molecule has 3 aliphatic rings. The molecular formula is C28H32O3. The van der Waals surface area contributed by atoms with Gasteiger partial charge in [-0.1, -0.05) is 49.4 Å². The molecule has 31 heavy (non-hydrogen) atoms. The highest BCUT2D eigenvalue weighted by Gasteiger charge is 2.52. The van der Waals surface area contributed by atoms with Crippen molar-refractivity contribution in [2.24, 2.45) is 17.3 Å². The van der Waals surface area contributed by atoms with Crippen LogP contribution in [0.4, 0.5) is 0 Å². The normalized spacial score (nSPS) is 28.7. The molecule has 2 aromatic rings. The van der Waals surface area contributed by atoms with Gasteiger partial charge in [-0.3, -0.25) is 4.79 Å². The first-order valence-electron chi connectivity index (χ1n) is 11.6. The molecule has 1 fully saturated rings. The number of hydrogen-bond donors (Lipinski definition) is 0. The number of carbonyl (C=O) groups is 1. The smallest absolute Gasteiger partial charge is 0.161 e. The molecule has 0 heterocycles. The third-order valence-electron chi connectivity index (χ3n) is 7.99. The standard InChI is InChI=1S/C28H32O3/c1-28-14-12-22-23(25(28)10-11-27(28)29)9-8-20-17-26(21(13-15-30-2)16-24(20)22)31-18-19-6-4-3-5-7-19/h3-7,10-11,16-17,22-23,25H,8-9,12-15,18H2,1-2H3/t22-,23+,25-,28-/m0/s1. The Bertz CT molecular complexity index is 993. The molecular weight excluding hydrogens is 384 g/mol. The molecule has 0 aromatic heterocycles. The SMILES string of the molecule is COCCc1cc2c(cc1OCc1ccccc1)CC[C@@H]1[C@@H]2CC[C@]2(C)C(=O)C=C[C@@H]12. The molecule has 3 nitrogen and oxygen atoms in total. The van der Waals surface area contributed by atoms with Crippen LogP contribution in [-0.4, -0.2) is 19.5 Å². The maximum atomic E-state index is 12.5. The summed E-state index contributed by atoms with van der Waals surface area (Å²) in [6, 6.07) is 15.0. The minimum absolute atomic E-state index is 0.170. The molecule has 3 heteroatoms. The second-order valence-corrected chi connectivity index (χ2v) is 9.69. The van der Waals surface area contributed by atoms with Crippen molar-refractivity contribution in [3.63, 3.8) is 0 Å². The molecule has 0 N–H and O–H groups in total. The van der Waals surface area contributed by atoms with Crippen molar-refractivity contribution in [2.75, 3.05) is 13.7 Å². The molecule has 0 amide bonds. The summed E-state index contributed by atoms with van der Waals surface area (Å²) < 4.78 is 11.7. The van der Waals surface area contributed by atoms with E-state index in [0.29, 0.717) is 36.8 Å². The summed E-state index contributed by atoms with van der Waals surface area (Å²) in [5.41, 5.74) is 5.17. The topological polar surface area (TPSA) is 35.5 Å². The quantitative estimate of drug-likeness (QED) is 0.610. The molecule has 0 aliphatic heterocycles. The van der Waals surface area contributed by atoms with Crippen LogP contribution in [0.25, 0.3) is 0 Å². The van der Waals surface area contributed by atoms with Gasteiger partial charge in [0.25, 0.3) is 0 Å². The Balaban J connectivity index is 1.44. The molecule has 162 valence electrons. The van der Waals surface area contributed by atoms with Crippen LogP contribution in [0.3, 0.4) is 0 Å². The van der Waals surface area contributed by atoms with Crippen LogP contribution in [0.1, 0.15) is 54.4 Å². The number of hydrogen-bond acceptors (Lipinski definition) is 3. The Morgan fingerprint density at radius 2 is 1.97 bits per heavy atom.